The van der Waals surface area contributed by atoms with Crippen molar-refractivity contribution >= 4 is 5.91 Å². The third kappa shape index (κ3) is 2.96. The van der Waals surface area contributed by atoms with Crippen LogP contribution in [0.2, 0.25) is 0 Å². The Morgan fingerprint density at radius 2 is 2.07 bits per heavy atom. The number of hydrogen-bond donors (Lipinski definition) is 2. The maximum atomic E-state index is 10.6. The minimum Gasteiger partial charge on any atom is -0.368 e. The Hall–Kier alpha value is -0.610. The zero-order valence-corrected chi connectivity index (χ0v) is 8.79. The highest BCUT2D eigenvalue weighted by Gasteiger charge is 2.34. The van der Waals surface area contributed by atoms with Crippen molar-refractivity contribution in [2.24, 2.45) is 17.4 Å². The van der Waals surface area contributed by atoms with Gasteiger partial charge in [-0.15, -0.1) is 0 Å². The average Bonchev–Trinajstić information content (AvgIpc) is 2.18. The fraction of sp³-hybridized carbons (Fsp3) is 0.900. The summed E-state index contributed by atoms with van der Waals surface area (Å²) in [5, 5.41) is 0. The number of ether oxygens (including phenoxy) is 1. The highest BCUT2D eigenvalue weighted by atomic mass is 16.5. The Kier molecular flexibility index (Phi) is 3.89. The normalized spacial score (nSPS) is 32.9. The number of carbonyl (C=O) groups excluding carboxylic acids is 1. The molecule has 4 nitrogen and oxygen atoms in total. The van der Waals surface area contributed by atoms with Crippen LogP contribution in [0.25, 0.3) is 0 Å². The second-order valence-corrected chi connectivity index (χ2v) is 4.32. The molecule has 0 unspecified atom stereocenters. The van der Waals surface area contributed by atoms with Gasteiger partial charge >= 0.3 is 0 Å². The molecule has 1 aliphatic rings. The third-order valence-electron chi connectivity index (χ3n) is 3.08. The van der Waals surface area contributed by atoms with Crippen LogP contribution in [0.4, 0.5) is 0 Å². The SMILES string of the molecule is CC1CCC(CN)(OCC(N)=O)CC1. The van der Waals surface area contributed by atoms with E-state index in [0.717, 1.165) is 31.6 Å². The van der Waals surface area contributed by atoms with Crippen LogP contribution in [0.3, 0.4) is 0 Å². The summed E-state index contributed by atoms with van der Waals surface area (Å²) in [4.78, 5) is 10.6. The topological polar surface area (TPSA) is 78.3 Å². The minimum atomic E-state index is -0.420. The molecule has 14 heavy (non-hydrogen) atoms. The quantitative estimate of drug-likeness (QED) is 0.689. The smallest absolute Gasteiger partial charge is 0.243 e. The van der Waals surface area contributed by atoms with Crippen LogP contribution in [0.15, 0.2) is 0 Å². The maximum Gasteiger partial charge on any atom is 0.243 e. The summed E-state index contributed by atoms with van der Waals surface area (Å²) < 4.78 is 5.53. The molecule has 4 N–H and O–H groups in total. The molecule has 0 atom stereocenters. The summed E-state index contributed by atoms with van der Waals surface area (Å²) in [7, 11) is 0. The van der Waals surface area contributed by atoms with Gasteiger partial charge in [-0.2, -0.15) is 0 Å². The van der Waals surface area contributed by atoms with E-state index in [9.17, 15) is 4.79 Å². The van der Waals surface area contributed by atoms with Crippen molar-refractivity contribution in [1.29, 1.82) is 0 Å². The number of primary amides is 1. The maximum absolute atomic E-state index is 10.6. The number of rotatable bonds is 4. The van der Waals surface area contributed by atoms with Crippen molar-refractivity contribution in [3.63, 3.8) is 0 Å². The van der Waals surface area contributed by atoms with Gasteiger partial charge in [-0.05, 0) is 31.6 Å². The molecule has 82 valence electrons. The minimum absolute atomic E-state index is 0.00835. The van der Waals surface area contributed by atoms with Crippen LogP contribution in [-0.2, 0) is 9.53 Å². The Morgan fingerprint density at radius 1 is 1.50 bits per heavy atom. The molecule has 1 aliphatic carbocycles. The van der Waals surface area contributed by atoms with Gasteiger partial charge in [0.1, 0.15) is 6.61 Å². The Morgan fingerprint density at radius 3 is 2.50 bits per heavy atom. The molecular weight excluding hydrogens is 180 g/mol. The Bertz CT molecular complexity index is 198. The summed E-state index contributed by atoms with van der Waals surface area (Å²) >= 11 is 0. The van der Waals surface area contributed by atoms with Gasteiger partial charge in [0.2, 0.25) is 5.91 Å². The van der Waals surface area contributed by atoms with Gasteiger partial charge in [0.05, 0.1) is 5.60 Å². The van der Waals surface area contributed by atoms with E-state index >= 15 is 0 Å². The highest BCUT2D eigenvalue weighted by Crippen LogP contribution is 2.33. The van der Waals surface area contributed by atoms with E-state index in [1.54, 1.807) is 0 Å². The van der Waals surface area contributed by atoms with Crippen molar-refractivity contribution in [2.45, 2.75) is 38.2 Å². The van der Waals surface area contributed by atoms with E-state index in [4.69, 9.17) is 16.2 Å². The van der Waals surface area contributed by atoms with E-state index in [1.807, 2.05) is 0 Å². The second-order valence-electron chi connectivity index (χ2n) is 4.32. The number of hydrogen-bond acceptors (Lipinski definition) is 3. The zero-order valence-electron chi connectivity index (χ0n) is 8.79. The monoisotopic (exact) mass is 200 g/mol. The lowest BCUT2D eigenvalue weighted by Gasteiger charge is -2.38. The predicted molar refractivity (Wildman–Crippen MR) is 54.6 cm³/mol. The first kappa shape index (κ1) is 11.5. The molecule has 0 aromatic heterocycles. The van der Waals surface area contributed by atoms with Crippen LogP contribution in [0.5, 0.6) is 0 Å². The Labute approximate surface area is 85.0 Å². The van der Waals surface area contributed by atoms with Crippen molar-refractivity contribution in [3.05, 3.63) is 0 Å². The molecule has 0 aliphatic heterocycles. The van der Waals surface area contributed by atoms with Crippen molar-refractivity contribution < 1.29 is 9.53 Å². The first-order chi connectivity index (χ1) is 6.58. The van der Waals surface area contributed by atoms with E-state index in [0.29, 0.717) is 6.54 Å². The molecule has 0 bridgehead atoms. The molecule has 0 spiro atoms. The van der Waals surface area contributed by atoms with Gasteiger partial charge in [0.15, 0.2) is 0 Å². The van der Waals surface area contributed by atoms with E-state index < -0.39 is 5.91 Å². The lowest BCUT2D eigenvalue weighted by atomic mass is 9.79. The molecule has 0 aromatic carbocycles. The summed E-state index contributed by atoms with van der Waals surface area (Å²) in [6.45, 7) is 2.70. The number of amides is 1. The molecule has 1 saturated carbocycles. The lowest BCUT2D eigenvalue weighted by Crippen LogP contribution is -2.45. The van der Waals surface area contributed by atoms with E-state index in [1.165, 1.54) is 0 Å². The number of carbonyl (C=O) groups is 1. The lowest BCUT2D eigenvalue weighted by molar-refractivity contribution is -0.132. The number of nitrogens with two attached hydrogens (primary N) is 2. The fourth-order valence-electron chi connectivity index (χ4n) is 1.92. The van der Waals surface area contributed by atoms with Gasteiger partial charge in [0.25, 0.3) is 0 Å². The van der Waals surface area contributed by atoms with Gasteiger partial charge in [-0.1, -0.05) is 6.92 Å². The van der Waals surface area contributed by atoms with Crippen LogP contribution < -0.4 is 11.5 Å². The summed E-state index contributed by atoms with van der Waals surface area (Å²) in [6, 6.07) is 0. The summed E-state index contributed by atoms with van der Waals surface area (Å²) in [6.07, 6.45) is 4.13. The highest BCUT2D eigenvalue weighted by molar-refractivity contribution is 5.75. The van der Waals surface area contributed by atoms with Crippen molar-refractivity contribution in [3.8, 4) is 0 Å². The third-order valence-corrected chi connectivity index (χ3v) is 3.08. The zero-order chi connectivity index (χ0) is 10.6. The molecule has 1 amide bonds. The molecule has 0 heterocycles. The molecule has 1 fully saturated rings. The van der Waals surface area contributed by atoms with Gasteiger partial charge in [0, 0.05) is 6.54 Å². The average molecular weight is 200 g/mol. The van der Waals surface area contributed by atoms with Crippen LogP contribution in [-0.4, -0.2) is 24.7 Å². The summed E-state index contributed by atoms with van der Waals surface area (Å²) in [5.74, 6) is 0.323. The molecule has 4 heteroatoms. The molecule has 0 radical (unpaired) electrons. The van der Waals surface area contributed by atoms with Gasteiger partial charge in [-0.3, -0.25) is 4.79 Å². The molecular formula is C10H20N2O2. The Balaban J connectivity index is 2.45. The van der Waals surface area contributed by atoms with Crippen molar-refractivity contribution in [2.75, 3.05) is 13.2 Å². The first-order valence-corrected chi connectivity index (χ1v) is 5.20. The fourth-order valence-corrected chi connectivity index (χ4v) is 1.92. The standard InChI is InChI=1S/C10H20N2O2/c1-8-2-4-10(7-11,5-3-8)14-6-9(12)13/h8H,2-7,11H2,1H3,(H2,12,13). The first-order valence-electron chi connectivity index (χ1n) is 5.20. The van der Waals surface area contributed by atoms with Crippen LogP contribution >= 0.6 is 0 Å². The second kappa shape index (κ2) is 4.75. The molecule has 0 saturated heterocycles. The van der Waals surface area contributed by atoms with Gasteiger partial charge < -0.3 is 16.2 Å². The molecule has 1 rings (SSSR count). The van der Waals surface area contributed by atoms with Crippen molar-refractivity contribution in [1.82, 2.24) is 0 Å². The van der Waals surface area contributed by atoms with Gasteiger partial charge in [-0.25, -0.2) is 0 Å². The molecule has 0 aromatic rings. The summed E-state index contributed by atoms with van der Waals surface area (Å²) in [5.41, 5.74) is 10.4. The van der Waals surface area contributed by atoms with E-state index in [-0.39, 0.29) is 12.2 Å². The van der Waals surface area contributed by atoms with Crippen LogP contribution in [0, 0.1) is 5.92 Å². The predicted octanol–water partition coefficient (Wildman–Crippen LogP) is 0.396. The largest absolute Gasteiger partial charge is 0.368 e. The van der Waals surface area contributed by atoms with Crippen LogP contribution in [0.1, 0.15) is 32.6 Å². The van der Waals surface area contributed by atoms with E-state index in [2.05, 4.69) is 6.92 Å².